The highest BCUT2D eigenvalue weighted by Crippen LogP contribution is 2.17. The molecule has 0 radical (unpaired) electrons. The molecule has 0 amide bonds. The Balaban J connectivity index is 2.28. The molecular formula is C22H30N4O7S. The van der Waals surface area contributed by atoms with Gasteiger partial charge in [0.05, 0.1) is 30.6 Å². The number of rotatable bonds is 11. The van der Waals surface area contributed by atoms with E-state index in [1.807, 2.05) is 39.0 Å². The number of isothiocyanates is 1. The Morgan fingerprint density at radius 1 is 1.09 bits per heavy atom. The van der Waals surface area contributed by atoms with Crippen LogP contribution in [0.4, 0.5) is 5.69 Å². The number of carbonyl (C=O) groups excluding carboxylic acids is 2. The highest BCUT2D eigenvalue weighted by atomic mass is 32.1. The molecule has 1 fully saturated rings. The summed E-state index contributed by atoms with van der Waals surface area (Å²) < 4.78 is 15.7. The Bertz CT molecular complexity index is 820. The van der Waals surface area contributed by atoms with Crippen molar-refractivity contribution < 1.29 is 33.7 Å². The second kappa shape index (κ2) is 16.0. The molecule has 34 heavy (non-hydrogen) atoms. The normalized spacial score (nSPS) is 19.1. The summed E-state index contributed by atoms with van der Waals surface area (Å²) >= 11 is 4.65. The number of aliphatic imine (C=N–C) groups is 1. The number of nitrogens with zero attached hydrogens (tertiary/aromatic N) is 4. The van der Waals surface area contributed by atoms with Gasteiger partial charge in [-0.05, 0) is 36.3 Å². The molecule has 0 aromatic heterocycles. The van der Waals surface area contributed by atoms with E-state index in [1.165, 1.54) is 0 Å². The summed E-state index contributed by atoms with van der Waals surface area (Å²) in [6.07, 6.45) is 0.575. The fourth-order valence-corrected chi connectivity index (χ4v) is 3.78. The molecule has 1 atom stereocenters. The number of thiocarbonyl (C=S) groups is 1. The summed E-state index contributed by atoms with van der Waals surface area (Å²) in [4.78, 5) is 42.8. The van der Waals surface area contributed by atoms with E-state index in [0.717, 1.165) is 5.56 Å². The van der Waals surface area contributed by atoms with Crippen molar-refractivity contribution in [1.82, 2.24) is 14.7 Å². The van der Waals surface area contributed by atoms with Crippen LogP contribution in [0.15, 0.2) is 29.3 Å². The van der Waals surface area contributed by atoms with E-state index < -0.39 is 5.97 Å². The van der Waals surface area contributed by atoms with Gasteiger partial charge in [-0.15, -0.1) is 0 Å². The van der Waals surface area contributed by atoms with E-state index in [-0.39, 0.29) is 26.0 Å². The van der Waals surface area contributed by atoms with E-state index in [1.54, 1.807) is 0 Å². The first-order valence-electron chi connectivity index (χ1n) is 10.8. The number of benzene rings is 1. The lowest BCUT2D eigenvalue weighted by Crippen LogP contribution is -2.51. The number of carboxylic acid groups (broad SMARTS) is 1. The first-order chi connectivity index (χ1) is 16.5. The van der Waals surface area contributed by atoms with Crippen molar-refractivity contribution in [2.45, 2.75) is 12.5 Å². The van der Waals surface area contributed by atoms with Crippen LogP contribution in [0.5, 0.6) is 0 Å². The Morgan fingerprint density at radius 3 is 2.41 bits per heavy atom. The number of carbonyl (C=O) groups is 3. The minimum atomic E-state index is -0.930. The van der Waals surface area contributed by atoms with Gasteiger partial charge >= 0.3 is 5.97 Å². The third-order valence-electron chi connectivity index (χ3n) is 5.37. The molecule has 1 aromatic rings. The van der Waals surface area contributed by atoms with Gasteiger partial charge in [0.1, 0.15) is 13.5 Å². The van der Waals surface area contributed by atoms with E-state index in [4.69, 9.17) is 14.2 Å². The summed E-state index contributed by atoms with van der Waals surface area (Å²) in [6, 6.07) is 7.34. The van der Waals surface area contributed by atoms with Crippen LogP contribution in [0, 0.1) is 0 Å². The molecule has 1 aliphatic heterocycles. The number of aliphatic carboxylic acids is 1. The van der Waals surface area contributed by atoms with Crippen LogP contribution in [-0.4, -0.2) is 116 Å². The van der Waals surface area contributed by atoms with Crippen LogP contribution in [0.1, 0.15) is 5.56 Å². The molecule has 1 heterocycles. The summed E-state index contributed by atoms with van der Waals surface area (Å²) in [7, 11) is 0. The highest BCUT2D eigenvalue weighted by Gasteiger charge is 2.25. The summed E-state index contributed by atoms with van der Waals surface area (Å²) in [5, 5.41) is 11.7. The quantitative estimate of drug-likeness (QED) is 0.265. The smallest absolute Gasteiger partial charge is 0.317 e. The molecule has 1 aromatic carbocycles. The predicted molar refractivity (Wildman–Crippen MR) is 126 cm³/mol. The zero-order chi connectivity index (χ0) is 24.6. The van der Waals surface area contributed by atoms with E-state index in [9.17, 15) is 19.5 Å². The molecule has 12 heteroatoms. The summed E-state index contributed by atoms with van der Waals surface area (Å²) in [6.45, 7) is 3.98. The maximum absolute atomic E-state index is 11.5. The van der Waals surface area contributed by atoms with Crippen molar-refractivity contribution in [2.75, 3.05) is 65.9 Å². The van der Waals surface area contributed by atoms with Gasteiger partial charge in [0.15, 0.2) is 0 Å². The third kappa shape index (κ3) is 10.5. The van der Waals surface area contributed by atoms with Crippen LogP contribution in [-0.2, 0) is 35.0 Å². The Kier molecular flexibility index (Phi) is 12.9. The lowest BCUT2D eigenvalue weighted by Gasteiger charge is -2.36. The van der Waals surface area contributed by atoms with Gasteiger partial charge in [-0.2, -0.15) is 4.99 Å². The number of hydrogen-bond acceptors (Lipinski definition) is 11. The number of ether oxygens (including phenoxy) is 3. The zero-order valence-electron chi connectivity index (χ0n) is 18.9. The fourth-order valence-electron chi connectivity index (χ4n) is 3.68. The molecule has 1 saturated heterocycles. The van der Waals surface area contributed by atoms with Gasteiger partial charge in [-0.1, -0.05) is 12.1 Å². The minimum absolute atomic E-state index is 0.0429. The second-order valence-corrected chi connectivity index (χ2v) is 7.87. The molecule has 0 bridgehead atoms. The van der Waals surface area contributed by atoms with E-state index in [0.29, 0.717) is 71.0 Å². The molecule has 1 N–H and O–H groups in total. The summed E-state index contributed by atoms with van der Waals surface area (Å²) in [5.41, 5.74) is 1.69. The maximum Gasteiger partial charge on any atom is 0.317 e. The van der Waals surface area contributed by atoms with Crippen LogP contribution in [0.3, 0.4) is 0 Å². The van der Waals surface area contributed by atoms with Crippen molar-refractivity contribution in [3.05, 3.63) is 29.8 Å². The van der Waals surface area contributed by atoms with Crippen molar-refractivity contribution in [1.29, 1.82) is 0 Å². The van der Waals surface area contributed by atoms with Crippen molar-refractivity contribution in [2.24, 2.45) is 4.99 Å². The fraction of sp³-hybridized carbons (Fsp3) is 0.545. The lowest BCUT2D eigenvalue weighted by molar-refractivity contribution is -0.139. The zero-order valence-corrected chi connectivity index (χ0v) is 19.7. The van der Waals surface area contributed by atoms with Crippen molar-refractivity contribution in [3.8, 4) is 0 Å². The first kappa shape index (κ1) is 27.5. The monoisotopic (exact) mass is 494 g/mol. The second-order valence-electron chi connectivity index (χ2n) is 7.68. The van der Waals surface area contributed by atoms with Crippen LogP contribution < -0.4 is 0 Å². The van der Waals surface area contributed by atoms with E-state index in [2.05, 4.69) is 22.4 Å². The number of carboxylic acids is 1. The third-order valence-corrected chi connectivity index (χ3v) is 5.46. The topological polar surface area (TPSA) is 121 Å². The van der Waals surface area contributed by atoms with Crippen LogP contribution >= 0.6 is 12.2 Å². The average molecular weight is 495 g/mol. The van der Waals surface area contributed by atoms with Gasteiger partial charge in [0.25, 0.3) is 12.9 Å². The van der Waals surface area contributed by atoms with Crippen molar-refractivity contribution in [3.63, 3.8) is 0 Å². The van der Waals surface area contributed by atoms with Crippen molar-refractivity contribution >= 4 is 42.0 Å². The van der Waals surface area contributed by atoms with Gasteiger partial charge in [0.2, 0.25) is 0 Å². The Labute approximate surface area is 203 Å². The highest BCUT2D eigenvalue weighted by molar-refractivity contribution is 7.78. The molecule has 1 aliphatic rings. The van der Waals surface area contributed by atoms with Gasteiger partial charge in [-0.25, -0.2) is 0 Å². The van der Waals surface area contributed by atoms with Crippen LogP contribution in [0.25, 0.3) is 0 Å². The largest absolute Gasteiger partial charge is 0.480 e. The average Bonchev–Trinajstić information content (AvgIpc) is 2.81. The molecule has 0 aliphatic carbocycles. The van der Waals surface area contributed by atoms with E-state index >= 15 is 0 Å². The maximum atomic E-state index is 11.5. The SMILES string of the molecule is O=COCN1CCOCCN(CC(=O)O)CC(Cc2ccc(N=C=S)cc2)N(COC=O)CC1. The minimum Gasteiger partial charge on any atom is -0.480 e. The molecule has 0 spiro atoms. The number of hydrogen-bond donors (Lipinski definition) is 1. The van der Waals surface area contributed by atoms with Gasteiger partial charge in [-0.3, -0.25) is 29.1 Å². The molecule has 11 nitrogen and oxygen atoms in total. The first-order valence-corrected chi connectivity index (χ1v) is 11.2. The molecule has 1 unspecified atom stereocenters. The Morgan fingerprint density at radius 2 is 1.76 bits per heavy atom. The molecule has 186 valence electrons. The standard InChI is InChI=1S/C22H30N4O7S/c27-17-32-15-24-5-6-26(16-33-18-28)21(11-19-1-3-20(4-2-19)23-14-34)12-25(13-22(29)30)8-10-31-9-7-24/h1-4,17-18,21H,5-13,15-16H2,(H,29,30). The molecular weight excluding hydrogens is 464 g/mol. The van der Waals surface area contributed by atoms with Crippen LogP contribution in [0.2, 0.25) is 0 Å². The lowest BCUT2D eigenvalue weighted by atomic mass is 10.0. The predicted octanol–water partition coefficient (Wildman–Crippen LogP) is 0.614. The molecule has 2 rings (SSSR count). The summed E-state index contributed by atoms with van der Waals surface area (Å²) in [5.74, 6) is -0.930. The van der Waals surface area contributed by atoms with Gasteiger partial charge in [0, 0.05) is 38.8 Å². The van der Waals surface area contributed by atoms with Gasteiger partial charge < -0.3 is 19.3 Å². The molecule has 0 saturated carbocycles. The Hall–Kier alpha value is -2.73.